The maximum absolute atomic E-state index is 12.1. The molecule has 0 aromatic heterocycles. The van der Waals surface area contributed by atoms with Crippen molar-refractivity contribution in [2.75, 3.05) is 37.0 Å². The van der Waals surface area contributed by atoms with Crippen LogP contribution >= 0.6 is 12.2 Å². The first kappa shape index (κ1) is 16.2. The van der Waals surface area contributed by atoms with E-state index in [0.29, 0.717) is 5.11 Å². The Bertz CT molecular complexity index is 734. The van der Waals surface area contributed by atoms with Gasteiger partial charge in [-0.15, -0.1) is 0 Å². The van der Waals surface area contributed by atoms with E-state index < -0.39 is 9.84 Å². The molecule has 23 heavy (non-hydrogen) atoms. The van der Waals surface area contributed by atoms with Crippen molar-refractivity contribution in [3.8, 4) is 0 Å². The fraction of sp³-hybridized carbons (Fsp3) is 0.467. The number of carbonyl (C=O) groups is 1. The molecule has 2 fully saturated rings. The summed E-state index contributed by atoms with van der Waals surface area (Å²) in [5.74, 6) is 0.0200. The van der Waals surface area contributed by atoms with Crippen molar-refractivity contribution in [2.45, 2.75) is 12.1 Å². The number of fused-ring (bicyclic) bond motifs is 1. The molecule has 0 radical (unpaired) electrons. The third-order valence-electron chi connectivity index (χ3n) is 4.32. The van der Waals surface area contributed by atoms with Crippen LogP contribution in [-0.2, 0) is 14.6 Å². The van der Waals surface area contributed by atoms with Crippen LogP contribution in [-0.4, -0.2) is 73.5 Å². The Balaban J connectivity index is 1.96. The minimum absolute atomic E-state index is 0.0435. The van der Waals surface area contributed by atoms with E-state index in [1.54, 1.807) is 19.0 Å². The molecular weight excluding hydrogens is 334 g/mol. The number of rotatable bonds is 3. The Hall–Kier alpha value is -1.67. The predicted octanol–water partition coefficient (Wildman–Crippen LogP) is 0.347. The van der Waals surface area contributed by atoms with Crippen molar-refractivity contribution in [1.82, 2.24) is 9.80 Å². The van der Waals surface area contributed by atoms with E-state index in [-0.39, 0.29) is 36.0 Å². The molecule has 8 heteroatoms. The summed E-state index contributed by atoms with van der Waals surface area (Å²) in [5, 5.41) is 0.524. The fourth-order valence-electron chi connectivity index (χ4n) is 3.14. The van der Waals surface area contributed by atoms with Crippen LogP contribution in [0.15, 0.2) is 30.3 Å². The summed E-state index contributed by atoms with van der Waals surface area (Å²) in [6.07, 6.45) is 0. The second-order valence-electron chi connectivity index (χ2n) is 6.12. The molecule has 0 spiro atoms. The minimum atomic E-state index is -3.13. The molecule has 0 aliphatic carbocycles. The maximum atomic E-state index is 12.1. The van der Waals surface area contributed by atoms with Gasteiger partial charge in [0.25, 0.3) is 0 Å². The highest BCUT2D eigenvalue weighted by Crippen LogP contribution is 2.34. The Morgan fingerprint density at radius 3 is 2.43 bits per heavy atom. The standard InChI is InChI=1S/C15H19N3O3S2/c1-16(2)14(19)8-17-12-9-23(20,21)10-13(12)18(15(17)22)11-6-4-3-5-7-11/h3-7,12-13H,8-10H2,1-2H3/t12-,13+/m1/s1. The van der Waals surface area contributed by atoms with Gasteiger partial charge in [0.15, 0.2) is 14.9 Å². The molecule has 1 aromatic carbocycles. The summed E-state index contributed by atoms with van der Waals surface area (Å²) in [7, 11) is 0.233. The van der Waals surface area contributed by atoms with E-state index in [1.165, 1.54) is 4.90 Å². The van der Waals surface area contributed by atoms with Crippen LogP contribution in [0.4, 0.5) is 5.69 Å². The van der Waals surface area contributed by atoms with E-state index in [4.69, 9.17) is 12.2 Å². The molecule has 2 saturated heterocycles. The quantitative estimate of drug-likeness (QED) is 0.731. The second kappa shape index (κ2) is 5.76. The summed E-state index contributed by atoms with van der Waals surface area (Å²) in [6.45, 7) is 0.103. The van der Waals surface area contributed by atoms with Gasteiger partial charge in [-0.05, 0) is 24.4 Å². The second-order valence-corrected chi connectivity index (χ2v) is 8.63. The van der Waals surface area contributed by atoms with Gasteiger partial charge >= 0.3 is 0 Å². The highest BCUT2D eigenvalue weighted by atomic mass is 32.2. The molecule has 2 aliphatic rings. The molecule has 0 unspecified atom stereocenters. The number of carbonyl (C=O) groups excluding carboxylic acids is 1. The average Bonchev–Trinajstić information content (AvgIpc) is 2.91. The van der Waals surface area contributed by atoms with Gasteiger partial charge in [-0.1, -0.05) is 18.2 Å². The number of likely N-dealkylation sites (N-methyl/N-ethyl adjacent to an activating group) is 1. The smallest absolute Gasteiger partial charge is 0.241 e. The topological polar surface area (TPSA) is 60.9 Å². The lowest BCUT2D eigenvalue weighted by molar-refractivity contribution is -0.129. The van der Waals surface area contributed by atoms with E-state index >= 15 is 0 Å². The predicted molar refractivity (Wildman–Crippen MR) is 93.1 cm³/mol. The van der Waals surface area contributed by atoms with Crippen molar-refractivity contribution >= 4 is 38.8 Å². The number of nitrogens with zero attached hydrogens (tertiary/aromatic N) is 3. The molecule has 3 rings (SSSR count). The Morgan fingerprint density at radius 1 is 1.22 bits per heavy atom. The number of thiocarbonyl (C=S) groups is 1. The van der Waals surface area contributed by atoms with Crippen LogP contribution in [0.1, 0.15) is 0 Å². The average molecular weight is 353 g/mol. The summed E-state index contributed by atoms with van der Waals surface area (Å²) in [6, 6.07) is 9.01. The number of hydrogen-bond acceptors (Lipinski definition) is 4. The summed E-state index contributed by atoms with van der Waals surface area (Å²) >= 11 is 5.56. The lowest BCUT2D eigenvalue weighted by Crippen LogP contribution is -2.43. The molecule has 1 aromatic rings. The normalized spacial score (nSPS) is 25.6. The van der Waals surface area contributed by atoms with Crippen LogP contribution in [0.5, 0.6) is 0 Å². The molecular formula is C15H19N3O3S2. The van der Waals surface area contributed by atoms with Gasteiger partial charge in [-0.2, -0.15) is 0 Å². The Labute approximate surface area is 141 Å². The highest BCUT2D eigenvalue weighted by Gasteiger charge is 2.52. The Kier molecular flexibility index (Phi) is 4.05. The lowest BCUT2D eigenvalue weighted by Gasteiger charge is -2.26. The highest BCUT2D eigenvalue weighted by molar-refractivity contribution is 7.91. The summed E-state index contributed by atoms with van der Waals surface area (Å²) in [4.78, 5) is 17.2. The maximum Gasteiger partial charge on any atom is 0.241 e. The summed E-state index contributed by atoms with van der Waals surface area (Å²) in [5.41, 5.74) is 0.865. The van der Waals surface area contributed by atoms with Crippen molar-refractivity contribution in [1.29, 1.82) is 0 Å². The monoisotopic (exact) mass is 353 g/mol. The molecule has 2 aliphatic heterocycles. The SMILES string of the molecule is CN(C)C(=O)CN1C(=S)N(c2ccccc2)[C@H]2CS(=O)(=O)C[C@H]21. The number of hydrogen-bond donors (Lipinski definition) is 0. The van der Waals surface area contributed by atoms with E-state index in [9.17, 15) is 13.2 Å². The molecule has 0 bridgehead atoms. The van der Waals surface area contributed by atoms with Gasteiger partial charge in [0.1, 0.15) is 0 Å². The number of benzene rings is 1. The molecule has 6 nitrogen and oxygen atoms in total. The molecule has 2 atom stereocenters. The van der Waals surface area contributed by atoms with Gasteiger partial charge in [0.05, 0.1) is 30.1 Å². The third kappa shape index (κ3) is 2.92. The van der Waals surface area contributed by atoms with Gasteiger partial charge in [-0.3, -0.25) is 4.79 Å². The van der Waals surface area contributed by atoms with Crippen molar-refractivity contribution in [3.63, 3.8) is 0 Å². The first-order chi connectivity index (χ1) is 10.8. The van der Waals surface area contributed by atoms with Crippen LogP contribution in [0.3, 0.4) is 0 Å². The fourth-order valence-corrected chi connectivity index (χ4v) is 5.53. The molecule has 124 valence electrons. The van der Waals surface area contributed by atoms with E-state index in [0.717, 1.165) is 5.69 Å². The Morgan fingerprint density at radius 2 is 1.83 bits per heavy atom. The first-order valence-electron chi connectivity index (χ1n) is 7.35. The lowest BCUT2D eigenvalue weighted by atomic mass is 10.1. The van der Waals surface area contributed by atoms with Gasteiger partial charge < -0.3 is 14.7 Å². The van der Waals surface area contributed by atoms with Crippen LogP contribution in [0.2, 0.25) is 0 Å². The van der Waals surface area contributed by atoms with Gasteiger partial charge in [-0.25, -0.2) is 8.42 Å². The van der Waals surface area contributed by atoms with Crippen LogP contribution < -0.4 is 4.90 Å². The zero-order valence-corrected chi connectivity index (χ0v) is 14.7. The molecule has 2 heterocycles. The van der Waals surface area contributed by atoms with Gasteiger partial charge in [0, 0.05) is 19.8 Å². The van der Waals surface area contributed by atoms with Crippen LogP contribution in [0, 0.1) is 0 Å². The molecule has 0 saturated carbocycles. The number of sulfone groups is 1. The van der Waals surface area contributed by atoms with Crippen molar-refractivity contribution in [2.24, 2.45) is 0 Å². The number of amides is 1. The largest absolute Gasteiger partial charge is 0.347 e. The van der Waals surface area contributed by atoms with Gasteiger partial charge in [0.2, 0.25) is 5.91 Å². The minimum Gasteiger partial charge on any atom is -0.347 e. The molecule has 0 N–H and O–H groups in total. The molecule has 1 amide bonds. The van der Waals surface area contributed by atoms with Crippen LogP contribution in [0.25, 0.3) is 0 Å². The number of para-hydroxylation sites is 1. The van der Waals surface area contributed by atoms with E-state index in [1.807, 2.05) is 35.2 Å². The number of anilines is 1. The van der Waals surface area contributed by atoms with Crippen molar-refractivity contribution in [3.05, 3.63) is 30.3 Å². The van der Waals surface area contributed by atoms with E-state index in [2.05, 4.69) is 0 Å². The summed E-state index contributed by atoms with van der Waals surface area (Å²) < 4.78 is 24.2. The first-order valence-corrected chi connectivity index (χ1v) is 9.58. The van der Waals surface area contributed by atoms with Crippen molar-refractivity contribution < 1.29 is 13.2 Å². The zero-order valence-electron chi connectivity index (χ0n) is 13.0. The third-order valence-corrected chi connectivity index (χ3v) is 6.45. The zero-order chi connectivity index (χ0) is 16.8.